The third-order valence-electron chi connectivity index (χ3n) is 3.02. The average Bonchev–Trinajstić information content (AvgIpc) is 2.39. The average molecular weight is 273 g/mol. The van der Waals surface area contributed by atoms with Crippen LogP contribution in [0, 0.1) is 5.82 Å². The van der Waals surface area contributed by atoms with Crippen LogP contribution in [-0.2, 0) is 0 Å². The molecule has 0 fully saturated rings. The number of halogens is 2. The zero-order valence-corrected chi connectivity index (χ0v) is 10.7. The highest BCUT2D eigenvalue weighted by Crippen LogP contribution is 2.35. The van der Waals surface area contributed by atoms with Crippen LogP contribution < -0.4 is 5.73 Å². The second-order valence-corrected chi connectivity index (χ2v) is 4.64. The van der Waals surface area contributed by atoms with Crippen molar-refractivity contribution in [3.05, 3.63) is 59.5 Å². The van der Waals surface area contributed by atoms with Gasteiger partial charge in [0.25, 0.3) is 0 Å². The van der Waals surface area contributed by atoms with Crippen molar-refractivity contribution >= 4 is 28.2 Å². The number of nitrogens with zero attached hydrogens (tertiary/aromatic N) is 1. The molecule has 2 N–H and O–H groups in total. The van der Waals surface area contributed by atoms with Crippen LogP contribution in [0.3, 0.4) is 0 Å². The Morgan fingerprint density at radius 3 is 2.58 bits per heavy atom. The first kappa shape index (κ1) is 11.9. The van der Waals surface area contributed by atoms with E-state index in [-0.39, 0.29) is 10.8 Å². The molecule has 2 aromatic carbocycles. The van der Waals surface area contributed by atoms with E-state index in [9.17, 15) is 4.39 Å². The van der Waals surface area contributed by atoms with Crippen molar-refractivity contribution in [2.45, 2.75) is 0 Å². The van der Waals surface area contributed by atoms with Crippen molar-refractivity contribution in [2.24, 2.45) is 0 Å². The summed E-state index contributed by atoms with van der Waals surface area (Å²) in [7, 11) is 0. The predicted molar refractivity (Wildman–Crippen MR) is 76.6 cm³/mol. The van der Waals surface area contributed by atoms with E-state index in [4.69, 9.17) is 17.3 Å². The molecule has 0 saturated carbocycles. The summed E-state index contributed by atoms with van der Waals surface area (Å²) < 4.78 is 13.6. The Bertz CT molecular complexity index is 757. The van der Waals surface area contributed by atoms with Gasteiger partial charge < -0.3 is 5.73 Å². The second kappa shape index (κ2) is 4.52. The highest BCUT2D eigenvalue weighted by atomic mass is 35.5. The van der Waals surface area contributed by atoms with Gasteiger partial charge in [-0.1, -0.05) is 41.9 Å². The topological polar surface area (TPSA) is 38.9 Å². The summed E-state index contributed by atoms with van der Waals surface area (Å²) in [4.78, 5) is 4.15. The largest absolute Gasteiger partial charge is 0.383 e. The zero-order chi connectivity index (χ0) is 13.4. The molecule has 2 nitrogen and oxygen atoms in total. The van der Waals surface area contributed by atoms with E-state index in [1.165, 1.54) is 12.1 Å². The number of anilines is 1. The van der Waals surface area contributed by atoms with Gasteiger partial charge in [-0.25, -0.2) is 9.37 Å². The summed E-state index contributed by atoms with van der Waals surface area (Å²) >= 11 is 6.07. The van der Waals surface area contributed by atoms with E-state index in [1.54, 1.807) is 6.20 Å². The van der Waals surface area contributed by atoms with Crippen molar-refractivity contribution in [1.29, 1.82) is 0 Å². The molecular weight excluding hydrogens is 263 g/mol. The Morgan fingerprint density at radius 1 is 1.11 bits per heavy atom. The summed E-state index contributed by atoms with van der Waals surface area (Å²) in [6.45, 7) is 0. The minimum absolute atomic E-state index is 0.276. The number of pyridine rings is 1. The number of benzene rings is 2. The van der Waals surface area contributed by atoms with Crippen LogP contribution in [0.4, 0.5) is 10.2 Å². The van der Waals surface area contributed by atoms with Crippen LogP contribution in [-0.4, -0.2) is 4.98 Å². The molecule has 0 amide bonds. The zero-order valence-electron chi connectivity index (χ0n) is 9.90. The Morgan fingerprint density at radius 2 is 1.84 bits per heavy atom. The van der Waals surface area contributed by atoms with Crippen LogP contribution in [0.25, 0.3) is 21.9 Å². The maximum absolute atomic E-state index is 13.6. The number of hydrogen-bond acceptors (Lipinski definition) is 2. The molecule has 0 unspecified atom stereocenters. The molecular formula is C15H10ClFN2. The Hall–Kier alpha value is -2.13. The molecule has 1 heterocycles. The molecule has 0 aliphatic carbocycles. The molecule has 0 spiro atoms. The van der Waals surface area contributed by atoms with Crippen LogP contribution in [0.5, 0.6) is 0 Å². The lowest BCUT2D eigenvalue weighted by atomic mass is 10.0. The van der Waals surface area contributed by atoms with E-state index in [2.05, 4.69) is 4.98 Å². The number of rotatable bonds is 1. The molecule has 0 radical (unpaired) electrons. The molecule has 0 bridgehead atoms. The summed E-state index contributed by atoms with van der Waals surface area (Å²) in [5, 5.41) is 1.53. The van der Waals surface area contributed by atoms with E-state index in [0.717, 1.165) is 11.1 Å². The fraction of sp³-hybridized carbons (Fsp3) is 0. The van der Waals surface area contributed by atoms with E-state index in [0.29, 0.717) is 16.6 Å². The molecule has 3 aromatic rings. The van der Waals surface area contributed by atoms with Crippen molar-refractivity contribution < 1.29 is 4.39 Å². The summed E-state index contributed by atoms with van der Waals surface area (Å²) in [6, 6.07) is 12.3. The molecule has 19 heavy (non-hydrogen) atoms. The standard InChI is InChI=1S/C15H10ClFN2/c16-13-7-10(17)6-11-12(8-19-15(18)14(11)13)9-4-2-1-3-5-9/h1-8H,(H2,18,19). The van der Waals surface area contributed by atoms with Gasteiger partial charge in [-0.15, -0.1) is 0 Å². The highest BCUT2D eigenvalue weighted by molar-refractivity contribution is 6.37. The number of hydrogen-bond donors (Lipinski definition) is 1. The fourth-order valence-electron chi connectivity index (χ4n) is 2.16. The van der Waals surface area contributed by atoms with Gasteiger partial charge in [-0.2, -0.15) is 0 Å². The Balaban J connectivity index is 2.42. The van der Waals surface area contributed by atoms with Gasteiger partial charge >= 0.3 is 0 Å². The maximum atomic E-state index is 13.6. The smallest absolute Gasteiger partial charge is 0.132 e. The van der Waals surface area contributed by atoms with Gasteiger partial charge in [0.15, 0.2) is 0 Å². The lowest BCUT2D eigenvalue weighted by molar-refractivity contribution is 0.630. The SMILES string of the molecule is Nc1ncc(-c2ccccc2)c2cc(F)cc(Cl)c12. The molecule has 1 aromatic heterocycles. The Labute approximate surface area is 114 Å². The van der Waals surface area contributed by atoms with Crippen LogP contribution in [0.15, 0.2) is 48.7 Å². The number of nitrogens with two attached hydrogens (primary N) is 1. The fourth-order valence-corrected chi connectivity index (χ4v) is 2.47. The third kappa shape index (κ3) is 2.02. The molecule has 0 saturated heterocycles. The van der Waals surface area contributed by atoms with E-state index in [1.807, 2.05) is 30.3 Å². The number of nitrogen functional groups attached to an aromatic ring is 1. The second-order valence-electron chi connectivity index (χ2n) is 4.23. The molecule has 0 aliphatic heterocycles. The summed E-state index contributed by atoms with van der Waals surface area (Å²) in [5.74, 6) is -0.0834. The van der Waals surface area contributed by atoms with Gasteiger partial charge in [0, 0.05) is 17.1 Å². The minimum Gasteiger partial charge on any atom is -0.383 e. The lowest BCUT2D eigenvalue weighted by Gasteiger charge is -2.10. The van der Waals surface area contributed by atoms with Gasteiger partial charge in [0.05, 0.1) is 5.02 Å². The number of aromatic nitrogens is 1. The van der Waals surface area contributed by atoms with E-state index >= 15 is 0 Å². The molecule has 0 atom stereocenters. The maximum Gasteiger partial charge on any atom is 0.132 e. The van der Waals surface area contributed by atoms with Gasteiger partial charge in [0.2, 0.25) is 0 Å². The quantitative estimate of drug-likeness (QED) is 0.718. The summed E-state index contributed by atoms with van der Waals surface area (Å²) in [5.41, 5.74) is 7.59. The van der Waals surface area contributed by atoms with Crippen molar-refractivity contribution in [3.8, 4) is 11.1 Å². The monoisotopic (exact) mass is 272 g/mol. The first-order chi connectivity index (χ1) is 9.16. The molecule has 0 aliphatic rings. The third-order valence-corrected chi connectivity index (χ3v) is 3.32. The van der Waals surface area contributed by atoms with Crippen molar-refractivity contribution in [3.63, 3.8) is 0 Å². The van der Waals surface area contributed by atoms with Crippen LogP contribution in [0.2, 0.25) is 5.02 Å². The van der Waals surface area contributed by atoms with E-state index < -0.39 is 0 Å². The molecule has 94 valence electrons. The Kier molecular flexibility index (Phi) is 2.84. The van der Waals surface area contributed by atoms with Gasteiger partial charge in [-0.05, 0) is 23.1 Å². The summed E-state index contributed by atoms with van der Waals surface area (Å²) in [6.07, 6.45) is 1.64. The van der Waals surface area contributed by atoms with Crippen LogP contribution >= 0.6 is 11.6 Å². The van der Waals surface area contributed by atoms with Gasteiger partial charge in [0.1, 0.15) is 11.6 Å². The highest BCUT2D eigenvalue weighted by Gasteiger charge is 2.12. The minimum atomic E-state index is -0.389. The number of fused-ring (bicyclic) bond motifs is 1. The first-order valence-electron chi connectivity index (χ1n) is 5.75. The van der Waals surface area contributed by atoms with Crippen molar-refractivity contribution in [2.75, 3.05) is 5.73 Å². The van der Waals surface area contributed by atoms with Crippen molar-refractivity contribution in [1.82, 2.24) is 4.98 Å². The van der Waals surface area contributed by atoms with Gasteiger partial charge in [-0.3, -0.25) is 0 Å². The molecule has 4 heteroatoms. The normalized spacial score (nSPS) is 10.8. The predicted octanol–water partition coefficient (Wildman–Crippen LogP) is 4.28. The first-order valence-corrected chi connectivity index (χ1v) is 6.13. The lowest BCUT2D eigenvalue weighted by Crippen LogP contribution is -1.95. The van der Waals surface area contributed by atoms with Crippen LogP contribution in [0.1, 0.15) is 0 Å². The molecule has 3 rings (SSSR count).